The van der Waals surface area contributed by atoms with Gasteiger partial charge in [-0.25, -0.2) is 0 Å². The summed E-state index contributed by atoms with van der Waals surface area (Å²) in [5.41, 5.74) is 2.43. The van der Waals surface area contributed by atoms with Gasteiger partial charge in [-0.2, -0.15) is 0 Å². The number of nitrogens with zero attached hydrogens (tertiary/aromatic N) is 3. The molecule has 0 aromatic carbocycles. The zero-order valence-electron chi connectivity index (χ0n) is 9.04. The highest BCUT2D eigenvalue weighted by Gasteiger charge is 2.14. The third kappa shape index (κ3) is 2.06. The van der Waals surface area contributed by atoms with Crippen molar-refractivity contribution in [1.82, 2.24) is 15.0 Å². The van der Waals surface area contributed by atoms with Crippen molar-refractivity contribution in [1.29, 1.82) is 0 Å². The molecule has 2 heterocycles. The maximum absolute atomic E-state index is 10.2. The summed E-state index contributed by atoms with van der Waals surface area (Å²) in [6.07, 6.45) is 8.29. The van der Waals surface area contributed by atoms with Gasteiger partial charge in [0.15, 0.2) is 0 Å². The first-order valence-corrected chi connectivity index (χ1v) is 5.19. The van der Waals surface area contributed by atoms with Gasteiger partial charge in [0.2, 0.25) is 0 Å². The zero-order chi connectivity index (χ0) is 11.4. The molecule has 1 atom stereocenters. The van der Waals surface area contributed by atoms with Crippen LogP contribution in [0.3, 0.4) is 0 Å². The van der Waals surface area contributed by atoms with E-state index in [4.69, 9.17) is 0 Å². The summed E-state index contributed by atoms with van der Waals surface area (Å²) in [5.74, 6) is 0. The van der Waals surface area contributed by atoms with Crippen LogP contribution in [-0.4, -0.2) is 20.1 Å². The third-order valence-electron chi connectivity index (χ3n) is 2.48. The Morgan fingerprint density at radius 1 is 1.19 bits per heavy atom. The molecule has 0 aliphatic rings. The number of hydrogen-bond donors (Lipinski definition) is 1. The number of hydrogen-bond acceptors (Lipinski definition) is 4. The number of aliphatic hydroxyl groups is 1. The van der Waals surface area contributed by atoms with Gasteiger partial charge in [0, 0.05) is 24.8 Å². The second-order valence-electron chi connectivity index (χ2n) is 3.46. The lowest BCUT2D eigenvalue weighted by Gasteiger charge is -2.13. The zero-order valence-corrected chi connectivity index (χ0v) is 9.04. The second-order valence-corrected chi connectivity index (χ2v) is 3.46. The minimum Gasteiger partial charge on any atom is -0.382 e. The van der Waals surface area contributed by atoms with Gasteiger partial charge in [-0.1, -0.05) is 6.92 Å². The van der Waals surface area contributed by atoms with E-state index in [1.165, 1.54) is 0 Å². The fourth-order valence-corrected chi connectivity index (χ4v) is 1.61. The molecule has 2 aromatic rings. The SMILES string of the molecule is CCc1cnccc1C(O)c1cnccn1. The van der Waals surface area contributed by atoms with Gasteiger partial charge >= 0.3 is 0 Å². The topological polar surface area (TPSA) is 58.9 Å². The van der Waals surface area contributed by atoms with E-state index in [9.17, 15) is 5.11 Å². The predicted octanol–water partition coefficient (Wildman–Crippen LogP) is 1.52. The molecule has 0 fully saturated rings. The maximum Gasteiger partial charge on any atom is 0.123 e. The van der Waals surface area contributed by atoms with Gasteiger partial charge in [-0.15, -0.1) is 0 Å². The van der Waals surface area contributed by atoms with E-state index in [2.05, 4.69) is 15.0 Å². The van der Waals surface area contributed by atoms with E-state index in [1.54, 1.807) is 31.0 Å². The van der Waals surface area contributed by atoms with Crippen LogP contribution in [-0.2, 0) is 6.42 Å². The van der Waals surface area contributed by atoms with E-state index in [0.29, 0.717) is 5.69 Å². The summed E-state index contributed by atoms with van der Waals surface area (Å²) >= 11 is 0. The van der Waals surface area contributed by atoms with Gasteiger partial charge in [-0.05, 0) is 23.6 Å². The Morgan fingerprint density at radius 3 is 2.69 bits per heavy atom. The van der Waals surface area contributed by atoms with Crippen LogP contribution in [0.1, 0.15) is 29.8 Å². The summed E-state index contributed by atoms with van der Waals surface area (Å²) in [5, 5.41) is 10.2. The van der Waals surface area contributed by atoms with Crippen LogP contribution >= 0.6 is 0 Å². The third-order valence-corrected chi connectivity index (χ3v) is 2.48. The normalized spacial score (nSPS) is 12.4. The van der Waals surface area contributed by atoms with Crippen LogP contribution in [0.2, 0.25) is 0 Å². The molecule has 4 heteroatoms. The van der Waals surface area contributed by atoms with Crippen molar-refractivity contribution in [3.63, 3.8) is 0 Å². The molecule has 0 spiro atoms. The molecule has 0 aliphatic carbocycles. The Morgan fingerprint density at radius 2 is 2.00 bits per heavy atom. The molecule has 2 rings (SSSR count). The number of aryl methyl sites for hydroxylation is 1. The van der Waals surface area contributed by atoms with E-state index >= 15 is 0 Å². The van der Waals surface area contributed by atoms with E-state index < -0.39 is 6.10 Å². The fraction of sp³-hybridized carbons (Fsp3) is 0.250. The van der Waals surface area contributed by atoms with Crippen molar-refractivity contribution >= 4 is 0 Å². The number of rotatable bonds is 3. The lowest BCUT2D eigenvalue weighted by Crippen LogP contribution is -2.06. The molecule has 82 valence electrons. The minimum atomic E-state index is -0.730. The van der Waals surface area contributed by atoms with Crippen LogP contribution in [0, 0.1) is 0 Å². The average Bonchev–Trinajstić information content (AvgIpc) is 2.39. The van der Waals surface area contributed by atoms with Crippen LogP contribution < -0.4 is 0 Å². The summed E-state index contributed by atoms with van der Waals surface area (Å²) in [6, 6.07) is 1.82. The van der Waals surface area contributed by atoms with Gasteiger partial charge in [0.1, 0.15) is 6.10 Å². The molecule has 1 unspecified atom stereocenters. The lowest BCUT2D eigenvalue weighted by atomic mass is 10.0. The molecule has 4 nitrogen and oxygen atoms in total. The molecular formula is C12H13N3O. The minimum absolute atomic E-state index is 0.559. The summed E-state index contributed by atoms with van der Waals surface area (Å²) in [7, 11) is 0. The Labute approximate surface area is 94.0 Å². The lowest BCUT2D eigenvalue weighted by molar-refractivity contribution is 0.213. The van der Waals surface area contributed by atoms with E-state index in [-0.39, 0.29) is 0 Å². The summed E-state index contributed by atoms with van der Waals surface area (Å²) < 4.78 is 0. The van der Waals surface area contributed by atoms with Gasteiger partial charge in [0.05, 0.1) is 11.9 Å². The molecule has 0 amide bonds. The van der Waals surface area contributed by atoms with Crippen LogP contribution in [0.15, 0.2) is 37.1 Å². The van der Waals surface area contributed by atoms with Gasteiger partial charge in [-0.3, -0.25) is 15.0 Å². The van der Waals surface area contributed by atoms with Crippen molar-refractivity contribution in [3.8, 4) is 0 Å². The van der Waals surface area contributed by atoms with E-state index in [1.807, 2.05) is 13.0 Å². The Bertz CT molecular complexity index is 459. The number of aliphatic hydroxyl groups excluding tert-OH is 1. The largest absolute Gasteiger partial charge is 0.382 e. The fourth-order valence-electron chi connectivity index (χ4n) is 1.61. The molecule has 0 aliphatic heterocycles. The van der Waals surface area contributed by atoms with Gasteiger partial charge in [0.25, 0.3) is 0 Å². The van der Waals surface area contributed by atoms with Crippen molar-refractivity contribution in [2.24, 2.45) is 0 Å². The molecule has 0 radical (unpaired) electrons. The first-order valence-electron chi connectivity index (χ1n) is 5.19. The summed E-state index contributed by atoms with van der Waals surface area (Å²) in [6.45, 7) is 2.03. The molecule has 16 heavy (non-hydrogen) atoms. The molecule has 0 bridgehead atoms. The Kier molecular flexibility index (Phi) is 3.22. The maximum atomic E-state index is 10.2. The molecule has 0 saturated heterocycles. The quantitative estimate of drug-likeness (QED) is 0.843. The highest BCUT2D eigenvalue weighted by Crippen LogP contribution is 2.22. The smallest absolute Gasteiger partial charge is 0.123 e. The van der Waals surface area contributed by atoms with Gasteiger partial charge < -0.3 is 5.11 Å². The monoisotopic (exact) mass is 215 g/mol. The summed E-state index contributed by atoms with van der Waals surface area (Å²) in [4.78, 5) is 12.1. The van der Waals surface area contributed by atoms with E-state index in [0.717, 1.165) is 17.5 Å². The average molecular weight is 215 g/mol. The van der Waals surface area contributed by atoms with Crippen LogP contribution in [0.4, 0.5) is 0 Å². The van der Waals surface area contributed by atoms with Crippen molar-refractivity contribution < 1.29 is 5.11 Å². The Hall–Kier alpha value is -1.81. The van der Waals surface area contributed by atoms with Crippen molar-refractivity contribution in [2.75, 3.05) is 0 Å². The molecule has 1 N–H and O–H groups in total. The Balaban J connectivity index is 2.37. The standard InChI is InChI=1S/C12H13N3O/c1-2-9-7-13-4-3-10(9)12(16)11-8-14-5-6-15-11/h3-8,12,16H,2H2,1H3. The highest BCUT2D eigenvalue weighted by atomic mass is 16.3. The van der Waals surface area contributed by atoms with Crippen molar-refractivity contribution in [3.05, 3.63) is 53.9 Å². The first-order chi connectivity index (χ1) is 7.83. The number of aromatic nitrogens is 3. The van der Waals surface area contributed by atoms with Crippen molar-refractivity contribution in [2.45, 2.75) is 19.4 Å². The predicted molar refractivity (Wildman–Crippen MR) is 59.7 cm³/mol. The molecule has 2 aromatic heterocycles. The molecular weight excluding hydrogens is 202 g/mol. The number of pyridine rings is 1. The molecule has 0 saturated carbocycles. The first kappa shape index (κ1) is 10.7. The second kappa shape index (κ2) is 4.81. The van der Waals surface area contributed by atoms with Crippen LogP contribution in [0.5, 0.6) is 0 Å². The van der Waals surface area contributed by atoms with Crippen LogP contribution in [0.25, 0.3) is 0 Å². The highest BCUT2D eigenvalue weighted by molar-refractivity contribution is 5.30.